The first-order valence-electron chi connectivity index (χ1n) is 6.34. The summed E-state index contributed by atoms with van der Waals surface area (Å²) < 4.78 is 2.77. The summed E-state index contributed by atoms with van der Waals surface area (Å²) in [4.78, 5) is 4.54. The fourth-order valence-corrected chi connectivity index (χ4v) is 3.11. The van der Waals surface area contributed by atoms with E-state index in [2.05, 4.69) is 45.2 Å². The van der Waals surface area contributed by atoms with Gasteiger partial charge in [-0.3, -0.25) is 0 Å². The average Bonchev–Trinajstić information content (AvgIpc) is 2.84. The summed E-state index contributed by atoms with van der Waals surface area (Å²) >= 11 is 3.49. The zero-order valence-corrected chi connectivity index (χ0v) is 12.2. The third kappa shape index (κ3) is 2.00. The number of halogens is 1. The number of rotatable bonds is 2. The standard InChI is InChI=1S/C13H17BrN4/c1-13(2)7-3-6-10(13)15-12-16-11-9(14)5-4-8-18(11)17-12/h4-5,8,10H,3,6-7H2,1-2H3,(H,15,17). The molecule has 0 aliphatic heterocycles. The lowest BCUT2D eigenvalue weighted by Gasteiger charge is -2.27. The predicted molar refractivity (Wildman–Crippen MR) is 75.7 cm³/mol. The number of fused-ring (bicyclic) bond motifs is 1. The van der Waals surface area contributed by atoms with Crippen molar-refractivity contribution in [2.75, 3.05) is 5.32 Å². The average molecular weight is 309 g/mol. The van der Waals surface area contributed by atoms with Gasteiger partial charge in [0.25, 0.3) is 0 Å². The van der Waals surface area contributed by atoms with Crippen molar-refractivity contribution >= 4 is 27.5 Å². The van der Waals surface area contributed by atoms with Gasteiger partial charge in [0.15, 0.2) is 5.65 Å². The normalized spacial score (nSPS) is 22.5. The lowest BCUT2D eigenvalue weighted by atomic mass is 9.87. The van der Waals surface area contributed by atoms with Gasteiger partial charge >= 0.3 is 0 Å². The Kier molecular flexibility index (Phi) is 2.81. The van der Waals surface area contributed by atoms with Crippen LogP contribution in [0.2, 0.25) is 0 Å². The first-order chi connectivity index (χ1) is 8.56. The van der Waals surface area contributed by atoms with Crippen molar-refractivity contribution in [2.45, 2.75) is 39.2 Å². The quantitative estimate of drug-likeness (QED) is 0.923. The minimum atomic E-state index is 0.328. The maximum atomic E-state index is 4.54. The highest BCUT2D eigenvalue weighted by molar-refractivity contribution is 9.10. The number of hydrogen-bond donors (Lipinski definition) is 1. The molecule has 2 aromatic rings. The Bertz CT molecular complexity index is 575. The molecule has 2 heterocycles. The van der Waals surface area contributed by atoms with Crippen molar-refractivity contribution in [1.82, 2.24) is 14.6 Å². The van der Waals surface area contributed by atoms with Gasteiger partial charge in [0.2, 0.25) is 5.95 Å². The van der Waals surface area contributed by atoms with Crippen LogP contribution in [0.15, 0.2) is 22.8 Å². The van der Waals surface area contributed by atoms with Crippen LogP contribution in [0.4, 0.5) is 5.95 Å². The fraction of sp³-hybridized carbons (Fsp3) is 0.538. The summed E-state index contributed by atoms with van der Waals surface area (Å²) in [7, 11) is 0. The Morgan fingerprint density at radius 1 is 1.50 bits per heavy atom. The van der Waals surface area contributed by atoms with E-state index in [0.29, 0.717) is 11.5 Å². The van der Waals surface area contributed by atoms with Crippen LogP contribution in [-0.4, -0.2) is 20.6 Å². The van der Waals surface area contributed by atoms with Crippen LogP contribution in [0.1, 0.15) is 33.1 Å². The van der Waals surface area contributed by atoms with E-state index in [9.17, 15) is 0 Å². The molecule has 1 saturated carbocycles. The second-order valence-corrected chi connectivity index (χ2v) is 6.49. The highest BCUT2D eigenvalue weighted by Gasteiger charge is 2.34. The van der Waals surface area contributed by atoms with Gasteiger partial charge in [-0.2, -0.15) is 4.98 Å². The van der Waals surface area contributed by atoms with E-state index in [1.807, 2.05) is 18.3 Å². The van der Waals surface area contributed by atoms with Crippen LogP contribution in [-0.2, 0) is 0 Å². The molecule has 1 unspecified atom stereocenters. The first-order valence-corrected chi connectivity index (χ1v) is 7.13. The molecule has 1 aliphatic rings. The molecule has 0 spiro atoms. The molecule has 4 nitrogen and oxygen atoms in total. The topological polar surface area (TPSA) is 42.2 Å². The Labute approximate surface area is 115 Å². The highest BCUT2D eigenvalue weighted by atomic mass is 79.9. The van der Waals surface area contributed by atoms with Crippen molar-refractivity contribution in [2.24, 2.45) is 5.41 Å². The minimum absolute atomic E-state index is 0.328. The largest absolute Gasteiger partial charge is 0.350 e. The molecule has 1 N–H and O–H groups in total. The van der Waals surface area contributed by atoms with Crippen LogP contribution >= 0.6 is 15.9 Å². The highest BCUT2D eigenvalue weighted by Crippen LogP contribution is 2.38. The van der Waals surface area contributed by atoms with E-state index in [-0.39, 0.29) is 0 Å². The molecule has 0 bridgehead atoms. The second kappa shape index (κ2) is 4.23. The number of nitrogens with one attached hydrogen (secondary N) is 1. The molecular formula is C13H17BrN4. The van der Waals surface area contributed by atoms with Gasteiger partial charge < -0.3 is 5.32 Å². The van der Waals surface area contributed by atoms with Crippen molar-refractivity contribution in [1.29, 1.82) is 0 Å². The lowest BCUT2D eigenvalue weighted by molar-refractivity contribution is 0.349. The van der Waals surface area contributed by atoms with Crippen LogP contribution in [0.3, 0.4) is 0 Å². The van der Waals surface area contributed by atoms with Gasteiger partial charge in [-0.1, -0.05) is 20.3 Å². The molecule has 3 rings (SSSR count). The third-order valence-electron chi connectivity index (χ3n) is 3.88. The van der Waals surface area contributed by atoms with Crippen LogP contribution in [0, 0.1) is 5.41 Å². The van der Waals surface area contributed by atoms with Crippen molar-refractivity contribution in [3.63, 3.8) is 0 Å². The summed E-state index contributed by atoms with van der Waals surface area (Å²) in [5, 5.41) is 7.95. The molecule has 18 heavy (non-hydrogen) atoms. The zero-order valence-electron chi connectivity index (χ0n) is 10.7. The van der Waals surface area contributed by atoms with Gasteiger partial charge in [-0.15, -0.1) is 5.10 Å². The van der Waals surface area contributed by atoms with Gasteiger partial charge in [-0.25, -0.2) is 4.52 Å². The molecule has 2 aromatic heterocycles. The van der Waals surface area contributed by atoms with E-state index in [1.54, 1.807) is 4.52 Å². The molecule has 96 valence electrons. The van der Waals surface area contributed by atoms with Gasteiger partial charge in [-0.05, 0) is 46.3 Å². The maximum absolute atomic E-state index is 4.54. The fourth-order valence-electron chi connectivity index (χ4n) is 2.68. The Morgan fingerprint density at radius 2 is 2.33 bits per heavy atom. The number of pyridine rings is 1. The van der Waals surface area contributed by atoms with Gasteiger partial charge in [0.1, 0.15) is 0 Å². The molecule has 0 saturated heterocycles. The monoisotopic (exact) mass is 308 g/mol. The Hall–Kier alpha value is -1.10. The third-order valence-corrected chi connectivity index (χ3v) is 4.49. The summed E-state index contributed by atoms with van der Waals surface area (Å²) in [6.45, 7) is 4.62. The smallest absolute Gasteiger partial charge is 0.243 e. The summed E-state index contributed by atoms with van der Waals surface area (Å²) in [6, 6.07) is 4.40. The van der Waals surface area contributed by atoms with E-state index in [4.69, 9.17) is 0 Å². The summed E-state index contributed by atoms with van der Waals surface area (Å²) in [5.41, 5.74) is 1.19. The van der Waals surface area contributed by atoms with E-state index < -0.39 is 0 Å². The van der Waals surface area contributed by atoms with Crippen molar-refractivity contribution < 1.29 is 0 Å². The number of nitrogens with zero attached hydrogens (tertiary/aromatic N) is 3. The van der Waals surface area contributed by atoms with E-state index in [1.165, 1.54) is 19.3 Å². The van der Waals surface area contributed by atoms with Gasteiger partial charge in [0.05, 0.1) is 4.47 Å². The van der Waals surface area contributed by atoms with Crippen molar-refractivity contribution in [3.8, 4) is 0 Å². The molecule has 1 aliphatic carbocycles. The predicted octanol–water partition coefficient (Wildman–Crippen LogP) is 3.48. The maximum Gasteiger partial charge on any atom is 0.243 e. The molecule has 1 fully saturated rings. The SMILES string of the molecule is CC1(C)CCCC1Nc1nc2c(Br)cccn2n1. The number of hydrogen-bond acceptors (Lipinski definition) is 3. The zero-order chi connectivity index (χ0) is 12.8. The number of anilines is 1. The Morgan fingerprint density at radius 3 is 3.00 bits per heavy atom. The minimum Gasteiger partial charge on any atom is -0.350 e. The van der Waals surface area contributed by atoms with Crippen molar-refractivity contribution in [3.05, 3.63) is 22.8 Å². The van der Waals surface area contributed by atoms with E-state index in [0.717, 1.165) is 16.1 Å². The van der Waals surface area contributed by atoms with Gasteiger partial charge in [0, 0.05) is 12.2 Å². The summed E-state index contributed by atoms with van der Waals surface area (Å²) in [5.74, 6) is 0.724. The van der Waals surface area contributed by atoms with Crippen LogP contribution < -0.4 is 5.32 Å². The summed E-state index contributed by atoms with van der Waals surface area (Å²) in [6.07, 6.45) is 5.66. The van der Waals surface area contributed by atoms with E-state index >= 15 is 0 Å². The second-order valence-electron chi connectivity index (χ2n) is 5.64. The van der Waals surface area contributed by atoms with Crippen LogP contribution in [0.25, 0.3) is 5.65 Å². The molecular weight excluding hydrogens is 292 g/mol. The lowest BCUT2D eigenvalue weighted by Crippen LogP contribution is -2.31. The first kappa shape index (κ1) is 12.0. The molecule has 1 atom stereocenters. The molecule has 5 heteroatoms. The molecule has 0 radical (unpaired) electrons. The number of aromatic nitrogens is 3. The molecule has 0 aromatic carbocycles. The van der Waals surface area contributed by atoms with Crippen LogP contribution in [0.5, 0.6) is 0 Å². The molecule has 0 amide bonds. The Balaban J connectivity index is 1.89.